The Balaban J connectivity index is 1.77. The summed E-state index contributed by atoms with van der Waals surface area (Å²) in [7, 11) is -4.02. The minimum atomic E-state index is -4.02. The number of benzene rings is 1. The average Bonchev–Trinajstić information content (AvgIpc) is 3.20. The highest BCUT2D eigenvalue weighted by Crippen LogP contribution is 2.38. The Morgan fingerprint density at radius 1 is 1.23 bits per heavy atom. The largest absolute Gasteiger partial charge is 0.335 e. The second-order valence-corrected chi connectivity index (χ2v) is 10.2. The maximum Gasteiger partial charge on any atom is 0.244 e. The molecule has 160 valence electrons. The zero-order valence-corrected chi connectivity index (χ0v) is 18.4. The molecule has 2 fully saturated rings. The van der Waals surface area contributed by atoms with Crippen molar-refractivity contribution in [2.45, 2.75) is 42.8 Å². The van der Waals surface area contributed by atoms with Crippen LogP contribution in [0.1, 0.15) is 25.0 Å². The van der Waals surface area contributed by atoms with Gasteiger partial charge in [0.05, 0.1) is 17.6 Å². The van der Waals surface area contributed by atoms with Crippen LogP contribution in [0.5, 0.6) is 0 Å². The Bertz CT molecular complexity index is 1040. The van der Waals surface area contributed by atoms with E-state index in [9.17, 15) is 13.2 Å². The van der Waals surface area contributed by atoms with Crippen LogP contribution < -0.4 is 0 Å². The highest BCUT2D eigenvalue weighted by atomic mass is 35.5. The number of fused-ring (bicyclic) bond motifs is 2. The van der Waals surface area contributed by atoms with Crippen molar-refractivity contribution in [2.24, 2.45) is 5.92 Å². The van der Waals surface area contributed by atoms with E-state index in [4.69, 9.17) is 23.2 Å². The Morgan fingerprint density at radius 3 is 2.60 bits per heavy atom. The number of halogens is 2. The molecule has 2 unspecified atom stereocenters. The summed E-state index contributed by atoms with van der Waals surface area (Å²) < 4.78 is 28.7. The number of carbonyl (C=O) groups excluding carboxylic acids is 1. The van der Waals surface area contributed by atoms with Crippen molar-refractivity contribution in [3.8, 4) is 0 Å². The molecule has 3 atom stereocenters. The molecule has 8 nitrogen and oxygen atoms in total. The van der Waals surface area contributed by atoms with Gasteiger partial charge in [0.1, 0.15) is 11.7 Å². The first-order valence-electron chi connectivity index (χ1n) is 9.57. The third-order valence-electron chi connectivity index (χ3n) is 5.67. The minimum Gasteiger partial charge on any atom is -0.335 e. The summed E-state index contributed by atoms with van der Waals surface area (Å²) >= 11 is 12.1. The summed E-state index contributed by atoms with van der Waals surface area (Å²) in [6.07, 6.45) is 5.13. The molecule has 2 aliphatic heterocycles. The fourth-order valence-electron chi connectivity index (χ4n) is 4.33. The smallest absolute Gasteiger partial charge is 0.244 e. The molecule has 1 N–H and O–H groups in total. The van der Waals surface area contributed by atoms with Gasteiger partial charge in [-0.05, 0) is 37.5 Å². The highest BCUT2D eigenvalue weighted by Gasteiger charge is 2.49. The van der Waals surface area contributed by atoms with E-state index in [1.807, 2.05) is 0 Å². The lowest BCUT2D eigenvalue weighted by molar-refractivity contribution is -0.135. The number of sulfonamides is 1. The monoisotopic (exact) mass is 469 g/mol. The number of hydrogen-bond acceptors (Lipinski definition) is 5. The first-order chi connectivity index (χ1) is 14.3. The first-order valence-corrected chi connectivity index (χ1v) is 11.8. The number of aromatic amines is 1. The van der Waals surface area contributed by atoms with E-state index in [0.717, 1.165) is 6.42 Å². The van der Waals surface area contributed by atoms with E-state index >= 15 is 0 Å². The van der Waals surface area contributed by atoms with Gasteiger partial charge in [-0.2, -0.15) is 19.7 Å². The topological polar surface area (TPSA) is 99.3 Å². The van der Waals surface area contributed by atoms with Gasteiger partial charge in [0.25, 0.3) is 0 Å². The van der Waals surface area contributed by atoms with E-state index in [0.29, 0.717) is 25.1 Å². The molecule has 2 aliphatic rings. The third kappa shape index (κ3) is 3.87. The minimum absolute atomic E-state index is 0.0162. The molecule has 0 aliphatic carbocycles. The van der Waals surface area contributed by atoms with Crippen molar-refractivity contribution in [3.05, 3.63) is 52.8 Å². The summed E-state index contributed by atoms with van der Waals surface area (Å²) in [5.74, 6) is -0.473. The van der Waals surface area contributed by atoms with Gasteiger partial charge < -0.3 is 4.90 Å². The average molecular weight is 470 g/mol. The quantitative estimate of drug-likeness (QED) is 0.678. The first kappa shape index (κ1) is 21.3. The summed E-state index contributed by atoms with van der Waals surface area (Å²) in [6, 6.07) is 3.02. The Kier molecular flexibility index (Phi) is 5.89. The predicted molar refractivity (Wildman–Crippen MR) is 112 cm³/mol. The van der Waals surface area contributed by atoms with Crippen molar-refractivity contribution in [1.82, 2.24) is 24.6 Å². The summed E-state index contributed by atoms with van der Waals surface area (Å²) in [4.78, 5) is 15.1. The molecule has 0 saturated carbocycles. The van der Waals surface area contributed by atoms with Crippen molar-refractivity contribution in [3.63, 3.8) is 0 Å². The summed E-state index contributed by atoms with van der Waals surface area (Å²) in [5.41, 5.74) is 0.610. The number of H-pyrrole nitrogens is 1. The van der Waals surface area contributed by atoms with Crippen LogP contribution in [-0.2, 0) is 21.4 Å². The molecule has 0 radical (unpaired) electrons. The number of piperidine rings is 1. The van der Waals surface area contributed by atoms with Crippen LogP contribution in [0, 0.1) is 5.92 Å². The molecule has 1 amide bonds. The number of rotatable bonds is 5. The summed E-state index contributed by atoms with van der Waals surface area (Å²) in [6.45, 7) is 4.52. The van der Waals surface area contributed by atoms with Gasteiger partial charge in [-0.15, -0.1) is 6.58 Å². The van der Waals surface area contributed by atoms with Crippen LogP contribution in [0.25, 0.3) is 0 Å². The number of hydrogen-bond donors (Lipinski definition) is 1. The molecule has 11 heteroatoms. The highest BCUT2D eigenvalue weighted by molar-refractivity contribution is 7.89. The van der Waals surface area contributed by atoms with Gasteiger partial charge in [-0.25, -0.2) is 8.42 Å². The van der Waals surface area contributed by atoms with Gasteiger partial charge in [-0.3, -0.25) is 4.79 Å². The molecule has 1 aromatic heterocycles. The lowest BCUT2D eigenvalue weighted by atomic mass is 9.90. The molecule has 3 heterocycles. The van der Waals surface area contributed by atoms with Crippen molar-refractivity contribution in [1.29, 1.82) is 0 Å². The SMILES string of the molecule is C=C[C@H]1CN(Cc2cn[nH]n2)C(=O)C2CCCC1N2S(=O)(=O)c1cc(Cl)cc(Cl)c1. The predicted octanol–water partition coefficient (Wildman–Crippen LogP) is 2.87. The van der Waals surface area contributed by atoms with Gasteiger partial charge in [0, 0.05) is 28.5 Å². The van der Waals surface area contributed by atoms with Crippen LogP contribution in [0.2, 0.25) is 10.0 Å². The molecule has 0 spiro atoms. The molecule has 2 aromatic rings. The van der Waals surface area contributed by atoms with Crippen molar-refractivity contribution in [2.75, 3.05) is 6.54 Å². The fourth-order valence-corrected chi connectivity index (χ4v) is 6.93. The van der Waals surface area contributed by atoms with Crippen LogP contribution in [-0.4, -0.2) is 57.6 Å². The van der Waals surface area contributed by atoms with E-state index < -0.39 is 16.1 Å². The molecular formula is C19H21Cl2N5O3S. The number of aromatic nitrogens is 3. The van der Waals surface area contributed by atoms with Crippen LogP contribution in [0.4, 0.5) is 0 Å². The normalized spacial score (nSPS) is 25.2. The third-order valence-corrected chi connectivity index (χ3v) is 8.01. The second kappa shape index (κ2) is 8.30. The molecule has 30 heavy (non-hydrogen) atoms. The number of nitrogens with one attached hydrogen (secondary N) is 1. The van der Waals surface area contributed by atoms with E-state index in [2.05, 4.69) is 22.0 Å². The zero-order valence-electron chi connectivity index (χ0n) is 16.0. The number of nitrogens with zero attached hydrogens (tertiary/aromatic N) is 4. The van der Waals surface area contributed by atoms with Gasteiger partial charge in [0.2, 0.25) is 15.9 Å². The van der Waals surface area contributed by atoms with Crippen LogP contribution >= 0.6 is 23.2 Å². The van der Waals surface area contributed by atoms with E-state index in [1.54, 1.807) is 17.2 Å². The Morgan fingerprint density at radius 2 is 1.97 bits per heavy atom. The lowest BCUT2D eigenvalue weighted by Crippen LogP contribution is -2.54. The van der Waals surface area contributed by atoms with Crippen molar-refractivity contribution < 1.29 is 13.2 Å². The van der Waals surface area contributed by atoms with Crippen LogP contribution in [0.3, 0.4) is 0 Å². The Hall–Kier alpha value is -1.94. The molecule has 2 bridgehead atoms. The van der Waals surface area contributed by atoms with E-state index in [1.165, 1.54) is 22.5 Å². The maximum absolute atomic E-state index is 13.7. The molecule has 1 aromatic carbocycles. The van der Waals surface area contributed by atoms with Crippen LogP contribution in [0.15, 0.2) is 41.9 Å². The molecule has 2 saturated heterocycles. The van der Waals surface area contributed by atoms with Gasteiger partial charge in [-0.1, -0.05) is 29.3 Å². The second-order valence-electron chi connectivity index (χ2n) is 7.53. The lowest BCUT2D eigenvalue weighted by Gasteiger charge is -2.40. The standard InChI is InChI=1S/C19H21Cl2N5O3S/c1-2-12-10-25(11-15-9-22-24-23-15)19(27)18-5-3-4-17(12)26(18)30(28,29)16-7-13(20)6-14(21)8-16/h2,6-9,12,17-18H,1,3-5,10-11H2,(H,22,23,24)/t12-,17?,18?/m0/s1. The van der Waals surface area contributed by atoms with Gasteiger partial charge >= 0.3 is 0 Å². The number of amides is 1. The summed E-state index contributed by atoms with van der Waals surface area (Å²) in [5, 5.41) is 10.8. The number of carbonyl (C=O) groups is 1. The Labute approximate surface area is 184 Å². The fraction of sp³-hybridized carbons (Fsp3) is 0.421. The van der Waals surface area contributed by atoms with E-state index in [-0.39, 0.29) is 39.4 Å². The molecule has 4 rings (SSSR count). The zero-order chi connectivity index (χ0) is 21.5. The van der Waals surface area contributed by atoms with Crippen molar-refractivity contribution >= 4 is 39.1 Å². The molecular weight excluding hydrogens is 449 g/mol. The van der Waals surface area contributed by atoms with Gasteiger partial charge in [0.15, 0.2) is 0 Å². The maximum atomic E-state index is 13.7.